The molecule has 0 bridgehead atoms. The number of aromatic nitrogens is 5. The molecule has 1 aromatic carbocycles. The first-order valence-electron chi connectivity index (χ1n) is 10.4. The first kappa shape index (κ1) is 22.1. The van der Waals surface area contributed by atoms with E-state index in [9.17, 15) is 14.0 Å². The molecule has 4 aromatic rings. The number of benzene rings is 1. The second-order valence-corrected chi connectivity index (χ2v) is 7.17. The molecule has 0 aliphatic carbocycles. The fourth-order valence-corrected chi connectivity index (χ4v) is 3.42. The molecule has 0 radical (unpaired) electrons. The van der Waals surface area contributed by atoms with Gasteiger partial charge in [0.1, 0.15) is 30.3 Å². The van der Waals surface area contributed by atoms with Crippen LogP contribution in [0.2, 0.25) is 0 Å². The number of ketones is 1. The minimum absolute atomic E-state index is 0.0118. The minimum atomic E-state index is -0.590. The third-order valence-electron chi connectivity index (χ3n) is 4.90. The Kier molecular flexibility index (Phi) is 6.43. The SMILES string of the molecule is CCOC(=O)c1cnn(C)c1C(=O)Cc1ccn2cc(-c3cccc(OCCF)c3)nc2n1. The summed E-state index contributed by atoms with van der Waals surface area (Å²) in [6.45, 7) is 1.32. The van der Waals surface area contributed by atoms with Gasteiger partial charge >= 0.3 is 5.97 Å². The smallest absolute Gasteiger partial charge is 0.342 e. The van der Waals surface area contributed by atoms with Crippen molar-refractivity contribution in [2.24, 2.45) is 7.05 Å². The average molecular weight is 451 g/mol. The molecule has 0 aliphatic rings. The van der Waals surface area contributed by atoms with Crippen molar-refractivity contribution in [1.82, 2.24) is 24.1 Å². The zero-order valence-electron chi connectivity index (χ0n) is 18.2. The van der Waals surface area contributed by atoms with Crippen LogP contribution in [0.1, 0.15) is 33.5 Å². The van der Waals surface area contributed by atoms with Crippen molar-refractivity contribution in [2.45, 2.75) is 13.3 Å². The predicted octanol–water partition coefficient (Wildman–Crippen LogP) is 3.08. The second-order valence-electron chi connectivity index (χ2n) is 7.17. The molecule has 10 heteroatoms. The lowest BCUT2D eigenvalue weighted by Crippen LogP contribution is -2.16. The number of fused-ring (bicyclic) bond motifs is 1. The summed E-state index contributed by atoms with van der Waals surface area (Å²) < 4.78 is 25.8. The summed E-state index contributed by atoms with van der Waals surface area (Å²) in [5.74, 6) is 0.0726. The van der Waals surface area contributed by atoms with Crippen LogP contribution in [0.5, 0.6) is 5.75 Å². The molecule has 0 spiro atoms. The van der Waals surface area contributed by atoms with Crippen molar-refractivity contribution in [2.75, 3.05) is 19.9 Å². The molecular formula is C23H22FN5O4. The van der Waals surface area contributed by atoms with Gasteiger partial charge in [0.25, 0.3) is 0 Å². The Hall–Kier alpha value is -4.08. The molecule has 0 fully saturated rings. The summed E-state index contributed by atoms with van der Waals surface area (Å²) in [5, 5.41) is 4.02. The number of rotatable bonds is 9. The van der Waals surface area contributed by atoms with Gasteiger partial charge in [-0.2, -0.15) is 5.10 Å². The molecule has 33 heavy (non-hydrogen) atoms. The maximum absolute atomic E-state index is 12.9. The molecule has 4 rings (SSSR count). The Morgan fingerprint density at radius 2 is 2.03 bits per heavy atom. The van der Waals surface area contributed by atoms with Crippen LogP contribution in [0, 0.1) is 0 Å². The summed E-state index contributed by atoms with van der Waals surface area (Å²) in [6.07, 6.45) is 4.87. The van der Waals surface area contributed by atoms with E-state index in [1.54, 1.807) is 48.8 Å². The number of nitrogens with zero attached hydrogens (tertiary/aromatic N) is 5. The van der Waals surface area contributed by atoms with Gasteiger partial charge in [0.05, 0.1) is 30.6 Å². The largest absolute Gasteiger partial charge is 0.491 e. The van der Waals surface area contributed by atoms with Gasteiger partial charge in [-0.1, -0.05) is 12.1 Å². The maximum atomic E-state index is 12.9. The Morgan fingerprint density at radius 1 is 1.18 bits per heavy atom. The lowest BCUT2D eigenvalue weighted by Gasteiger charge is -2.05. The molecule has 0 atom stereocenters. The van der Waals surface area contributed by atoms with Crippen molar-refractivity contribution in [3.8, 4) is 17.0 Å². The van der Waals surface area contributed by atoms with Crippen LogP contribution < -0.4 is 4.74 Å². The lowest BCUT2D eigenvalue weighted by molar-refractivity contribution is 0.0522. The predicted molar refractivity (Wildman–Crippen MR) is 117 cm³/mol. The van der Waals surface area contributed by atoms with E-state index in [2.05, 4.69) is 15.1 Å². The van der Waals surface area contributed by atoms with Crippen LogP contribution in [0.25, 0.3) is 17.0 Å². The number of halogens is 1. The molecule has 0 amide bonds. The molecule has 170 valence electrons. The summed E-state index contributed by atoms with van der Waals surface area (Å²) in [4.78, 5) is 34.1. The molecule has 9 nitrogen and oxygen atoms in total. The van der Waals surface area contributed by atoms with Gasteiger partial charge < -0.3 is 9.47 Å². The van der Waals surface area contributed by atoms with Gasteiger partial charge in [-0.05, 0) is 25.1 Å². The molecule has 3 aromatic heterocycles. The number of carbonyl (C=O) groups is 2. The minimum Gasteiger partial charge on any atom is -0.491 e. The number of aryl methyl sites for hydroxylation is 1. The van der Waals surface area contributed by atoms with Crippen LogP contribution in [-0.2, 0) is 18.2 Å². The van der Waals surface area contributed by atoms with E-state index < -0.39 is 12.6 Å². The van der Waals surface area contributed by atoms with Crippen LogP contribution in [0.3, 0.4) is 0 Å². The van der Waals surface area contributed by atoms with Crippen molar-refractivity contribution in [1.29, 1.82) is 0 Å². The number of ether oxygens (including phenoxy) is 2. The summed E-state index contributed by atoms with van der Waals surface area (Å²) in [5.41, 5.74) is 2.25. The zero-order valence-corrected chi connectivity index (χ0v) is 18.2. The van der Waals surface area contributed by atoms with Gasteiger partial charge in [0, 0.05) is 25.0 Å². The van der Waals surface area contributed by atoms with Gasteiger partial charge in [0.2, 0.25) is 5.78 Å². The highest BCUT2D eigenvalue weighted by Gasteiger charge is 2.23. The first-order valence-corrected chi connectivity index (χ1v) is 10.4. The zero-order chi connectivity index (χ0) is 23.4. The number of hydrogen-bond donors (Lipinski definition) is 0. The maximum Gasteiger partial charge on any atom is 0.342 e. The number of Topliss-reactive ketones (excluding diaryl/α,β-unsaturated/α-hetero) is 1. The summed E-state index contributed by atoms with van der Waals surface area (Å²) >= 11 is 0. The number of alkyl halides is 1. The fourth-order valence-electron chi connectivity index (χ4n) is 3.42. The number of carbonyl (C=O) groups excluding carboxylic acids is 2. The monoisotopic (exact) mass is 451 g/mol. The Bertz CT molecular complexity index is 1310. The molecule has 0 aliphatic heterocycles. The average Bonchev–Trinajstić information content (AvgIpc) is 3.41. The third kappa shape index (κ3) is 4.74. The lowest BCUT2D eigenvalue weighted by atomic mass is 10.1. The van der Waals surface area contributed by atoms with E-state index in [0.29, 0.717) is 22.9 Å². The quantitative estimate of drug-likeness (QED) is 0.285. The van der Waals surface area contributed by atoms with Gasteiger partial charge in [-0.3, -0.25) is 13.9 Å². The summed E-state index contributed by atoms with van der Waals surface area (Å²) in [7, 11) is 1.60. The van der Waals surface area contributed by atoms with Crippen molar-refractivity contribution in [3.05, 3.63) is 65.9 Å². The topological polar surface area (TPSA) is 101 Å². The van der Waals surface area contributed by atoms with Gasteiger partial charge in [-0.15, -0.1) is 0 Å². The van der Waals surface area contributed by atoms with E-state index in [-0.39, 0.29) is 36.7 Å². The van der Waals surface area contributed by atoms with Crippen LogP contribution >= 0.6 is 0 Å². The van der Waals surface area contributed by atoms with E-state index in [4.69, 9.17) is 9.47 Å². The normalized spacial score (nSPS) is 11.0. The van der Waals surface area contributed by atoms with E-state index in [1.807, 2.05) is 12.3 Å². The van der Waals surface area contributed by atoms with Crippen LogP contribution in [0.15, 0.2) is 48.9 Å². The highest BCUT2D eigenvalue weighted by Crippen LogP contribution is 2.23. The Morgan fingerprint density at radius 3 is 2.82 bits per heavy atom. The highest BCUT2D eigenvalue weighted by atomic mass is 19.1. The van der Waals surface area contributed by atoms with Crippen molar-refractivity contribution in [3.63, 3.8) is 0 Å². The van der Waals surface area contributed by atoms with E-state index in [1.165, 1.54) is 10.9 Å². The van der Waals surface area contributed by atoms with Crippen LogP contribution in [-0.4, -0.2) is 55.8 Å². The van der Waals surface area contributed by atoms with Crippen molar-refractivity contribution < 1.29 is 23.5 Å². The van der Waals surface area contributed by atoms with E-state index in [0.717, 1.165) is 5.56 Å². The summed E-state index contributed by atoms with van der Waals surface area (Å²) in [6, 6.07) is 8.92. The van der Waals surface area contributed by atoms with Gasteiger partial charge in [-0.25, -0.2) is 19.2 Å². The molecule has 3 heterocycles. The number of imidazole rings is 1. The number of hydrogen-bond acceptors (Lipinski definition) is 7. The molecule has 0 unspecified atom stereocenters. The first-order chi connectivity index (χ1) is 16.0. The molecule has 0 saturated heterocycles. The molecule has 0 saturated carbocycles. The van der Waals surface area contributed by atoms with E-state index >= 15 is 0 Å². The van der Waals surface area contributed by atoms with Gasteiger partial charge in [0.15, 0.2) is 5.78 Å². The highest BCUT2D eigenvalue weighted by molar-refractivity contribution is 6.05. The number of esters is 1. The fraction of sp³-hybridized carbons (Fsp3) is 0.261. The Balaban J connectivity index is 1.57. The van der Waals surface area contributed by atoms with Crippen LogP contribution in [0.4, 0.5) is 4.39 Å². The second kappa shape index (κ2) is 9.60. The molecule has 0 N–H and O–H groups in total. The van der Waals surface area contributed by atoms with Crippen molar-refractivity contribution >= 4 is 17.5 Å². The standard InChI is InChI=1S/C23H22FN5O4/c1-3-32-22(31)18-13-25-28(2)21(18)20(30)12-16-7-9-29-14-19(27-23(29)26-16)15-5-4-6-17(11-15)33-10-8-24/h4-7,9,11,13-14H,3,8,10,12H2,1-2H3. The Labute approximate surface area is 188 Å². The molecular weight excluding hydrogens is 429 g/mol. The third-order valence-corrected chi connectivity index (χ3v) is 4.90.